The highest BCUT2D eigenvalue weighted by Gasteiger charge is 2.19. The molecule has 2 heterocycles. The lowest BCUT2D eigenvalue weighted by Gasteiger charge is -2.34. The van der Waals surface area contributed by atoms with Crippen LogP contribution in [0.25, 0.3) is 0 Å². The van der Waals surface area contributed by atoms with Gasteiger partial charge in [-0.2, -0.15) is 0 Å². The number of hydrogen-bond donors (Lipinski definition) is 1. The summed E-state index contributed by atoms with van der Waals surface area (Å²) in [7, 11) is 0. The van der Waals surface area contributed by atoms with Crippen molar-refractivity contribution in [3.05, 3.63) is 23.6 Å². The van der Waals surface area contributed by atoms with Gasteiger partial charge in [-0.25, -0.2) is 9.37 Å². The third kappa shape index (κ3) is 2.76. The highest BCUT2D eigenvalue weighted by atomic mass is 19.1. The number of nitrogens with zero attached hydrogens (tertiary/aromatic N) is 3. The van der Waals surface area contributed by atoms with Gasteiger partial charge in [-0.1, -0.05) is 0 Å². The maximum absolute atomic E-state index is 13.7. The van der Waals surface area contributed by atoms with Crippen LogP contribution in [-0.4, -0.2) is 46.9 Å². The molecular weight excluding hydrogens is 235 g/mol. The third-order valence-electron chi connectivity index (χ3n) is 3.21. The minimum atomic E-state index is -0.438. The van der Waals surface area contributed by atoms with Gasteiger partial charge in [0.25, 0.3) is 0 Å². The number of piperazine rings is 1. The van der Waals surface area contributed by atoms with Crippen LogP contribution in [0.1, 0.15) is 12.5 Å². The Morgan fingerprint density at radius 3 is 2.72 bits per heavy atom. The number of carbonyl (C=O) groups is 1. The van der Waals surface area contributed by atoms with Gasteiger partial charge in [-0.15, -0.1) is 0 Å². The third-order valence-corrected chi connectivity index (χ3v) is 3.21. The van der Waals surface area contributed by atoms with Crippen LogP contribution in [0.2, 0.25) is 0 Å². The molecule has 2 rings (SSSR count). The van der Waals surface area contributed by atoms with E-state index in [1.165, 1.54) is 6.20 Å². The molecule has 0 atom stereocenters. The number of rotatable bonds is 2. The van der Waals surface area contributed by atoms with E-state index >= 15 is 0 Å². The fraction of sp³-hybridized carbons (Fsp3) is 0.500. The molecule has 0 aromatic carbocycles. The van der Waals surface area contributed by atoms with Crippen molar-refractivity contribution in [1.29, 1.82) is 0 Å². The second-order valence-electron chi connectivity index (χ2n) is 4.45. The number of anilines is 1. The van der Waals surface area contributed by atoms with E-state index in [0.717, 1.165) is 13.1 Å². The predicted molar refractivity (Wildman–Crippen MR) is 66.1 cm³/mol. The van der Waals surface area contributed by atoms with Crippen LogP contribution in [0.3, 0.4) is 0 Å². The van der Waals surface area contributed by atoms with E-state index in [0.29, 0.717) is 25.2 Å². The molecule has 0 saturated carbocycles. The summed E-state index contributed by atoms with van der Waals surface area (Å²) in [6.07, 6.45) is 1.51. The first-order chi connectivity index (χ1) is 8.58. The number of halogens is 1. The molecule has 0 unspecified atom stereocenters. The first kappa shape index (κ1) is 12.8. The van der Waals surface area contributed by atoms with Crippen LogP contribution in [-0.2, 0) is 11.3 Å². The van der Waals surface area contributed by atoms with Crippen molar-refractivity contribution in [3.63, 3.8) is 0 Å². The van der Waals surface area contributed by atoms with Crippen LogP contribution in [0.5, 0.6) is 0 Å². The van der Waals surface area contributed by atoms with Gasteiger partial charge in [0, 0.05) is 51.4 Å². The van der Waals surface area contributed by atoms with Gasteiger partial charge in [0.15, 0.2) is 11.6 Å². The summed E-state index contributed by atoms with van der Waals surface area (Å²) in [4.78, 5) is 18.8. The molecule has 18 heavy (non-hydrogen) atoms. The fourth-order valence-corrected chi connectivity index (χ4v) is 2.09. The molecule has 98 valence electrons. The van der Waals surface area contributed by atoms with E-state index < -0.39 is 5.82 Å². The lowest BCUT2D eigenvalue weighted by atomic mass is 10.2. The number of amides is 1. The molecule has 1 aromatic heterocycles. The Kier molecular flexibility index (Phi) is 3.76. The minimum absolute atomic E-state index is 0.0603. The monoisotopic (exact) mass is 252 g/mol. The molecule has 0 spiro atoms. The van der Waals surface area contributed by atoms with Crippen molar-refractivity contribution in [1.82, 2.24) is 14.8 Å². The first-order valence-electron chi connectivity index (χ1n) is 5.94. The number of nitrogens with two attached hydrogens (primary N) is 1. The normalized spacial score (nSPS) is 16.9. The van der Waals surface area contributed by atoms with E-state index in [9.17, 15) is 9.18 Å². The molecule has 1 aromatic rings. The average molecular weight is 252 g/mol. The van der Waals surface area contributed by atoms with E-state index in [1.807, 2.05) is 0 Å². The summed E-state index contributed by atoms with van der Waals surface area (Å²) in [5.74, 6) is -0.407. The molecule has 1 amide bonds. The topological polar surface area (TPSA) is 62.5 Å². The Labute approximate surface area is 105 Å². The molecule has 1 fully saturated rings. The summed E-state index contributed by atoms with van der Waals surface area (Å²) in [6.45, 7) is 4.96. The summed E-state index contributed by atoms with van der Waals surface area (Å²) >= 11 is 0. The molecular formula is C12H17FN4O. The van der Waals surface area contributed by atoms with Crippen LogP contribution < -0.4 is 5.73 Å². The van der Waals surface area contributed by atoms with Crippen LogP contribution in [0, 0.1) is 5.82 Å². The Morgan fingerprint density at radius 2 is 2.11 bits per heavy atom. The smallest absolute Gasteiger partial charge is 0.219 e. The summed E-state index contributed by atoms with van der Waals surface area (Å²) in [5, 5.41) is 0. The zero-order chi connectivity index (χ0) is 13.1. The van der Waals surface area contributed by atoms with Crippen molar-refractivity contribution in [2.24, 2.45) is 0 Å². The van der Waals surface area contributed by atoms with Crippen molar-refractivity contribution >= 4 is 11.7 Å². The highest BCUT2D eigenvalue weighted by molar-refractivity contribution is 5.73. The maximum atomic E-state index is 13.7. The van der Waals surface area contributed by atoms with Crippen molar-refractivity contribution in [2.75, 3.05) is 31.9 Å². The summed E-state index contributed by atoms with van der Waals surface area (Å²) in [5.41, 5.74) is 5.98. The molecule has 0 bridgehead atoms. The number of nitrogen functional groups attached to an aromatic ring is 1. The lowest BCUT2D eigenvalue weighted by Crippen LogP contribution is -2.47. The van der Waals surface area contributed by atoms with E-state index in [4.69, 9.17) is 5.73 Å². The van der Waals surface area contributed by atoms with Gasteiger partial charge in [0.2, 0.25) is 5.91 Å². The average Bonchev–Trinajstić information content (AvgIpc) is 2.36. The van der Waals surface area contributed by atoms with E-state index in [1.54, 1.807) is 17.9 Å². The highest BCUT2D eigenvalue weighted by Crippen LogP contribution is 2.15. The first-order valence-corrected chi connectivity index (χ1v) is 5.94. The quantitative estimate of drug-likeness (QED) is 0.831. The van der Waals surface area contributed by atoms with Gasteiger partial charge in [0.05, 0.1) is 0 Å². The zero-order valence-electron chi connectivity index (χ0n) is 10.4. The van der Waals surface area contributed by atoms with Crippen molar-refractivity contribution in [2.45, 2.75) is 13.5 Å². The molecule has 5 nitrogen and oxygen atoms in total. The number of aromatic nitrogens is 1. The summed E-state index contributed by atoms with van der Waals surface area (Å²) in [6, 6.07) is 1.64. The molecule has 1 saturated heterocycles. The second kappa shape index (κ2) is 5.30. The van der Waals surface area contributed by atoms with Gasteiger partial charge >= 0.3 is 0 Å². The van der Waals surface area contributed by atoms with Crippen LogP contribution in [0.4, 0.5) is 10.2 Å². The van der Waals surface area contributed by atoms with E-state index in [2.05, 4.69) is 9.88 Å². The standard InChI is InChI=1S/C12H17FN4O/c1-9(18)17-6-4-16(5-7-17)8-10-2-3-15-12(14)11(10)13/h2-3H,4-8H2,1H3,(H2,14,15). The predicted octanol–water partition coefficient (Wildman–Crippen LogP) is 0.467. The molecule has 1 aliphatic rings. The van der Waals surface area contributed by atoms with Crippen molar-refractivity contribution in [3.8, 4) is 0 Å². The minimum Gasteiger partial charge on any atom is -0.381 e. The van der Waals surface area contributed by atoms with Crippen molar-refractivity contribution < 1.29 is 9.18 Å². The van der Waals surface area contributed by atoms with Gasteiger partial charge in [0.1, 0.15) is 0 Å². The molecule has 0 radical (unpaired) electrons. The van der Waals surface area contributed by atoms with Crippen LogP contribution >= 0.6 is 0 Å². The largest absolute Gasteiger partial charge is 0.381 e. The molecule has 0 aliphatic carbocycles. The van der Waals surface area contributed by atoms with E-state index in [-0.39, 0.29) is 11.7 Å². The second-order valence-corrected chi connectivity index (χ2v) is 4.45. The zero-order valence-corrected chi connectivity index (χ0v) is 10.4. The lowest BCUT2D eigenvalue weighted by molar-refractivity contribution is -0.130. The molecule has 6 heteroatoms. The van der Waals surface area contributed by atoms with Crippen LogP contribution in [0.15, 0.2) is 12.3 Å². The Bertz CT molecular complexity index is 444. The number of carbonyl (C=O) groups excluding carboxylic acids is 1. The SMILES string of the molecule is CC(=O)N1CCN(Cc2ccnc(N)c2F)CC1. The van der Waals surface area contributed by atoms with Gasteiger partial charge in [-0.3, -0.25) is 9.69 Å². The van der Waals surface area contributed by atoms with Gasteiger partial charge in [-0.05, 0) is 6.07 Å². The number of hydrogen-bond acceptors (Lipinski definition) is 4. The number of pyridine rings is 1. The molecule has 2 N–H and O–H groups in total. The van der Waals surface area contributed by atoms with Gasteiger partial charge < -0.3 is 10.6 Å². The maximum Gasteiger partial charge on any atom is 0.219 e. The fourth-order valence-electron chi connectivity index (χ4n) is 2.09. The Balaban J connectivity index is 1.96. The summed E-state index contributed by atoms with van der Waals surface area (Å²) < 4.78 is 13.7. The Morgan fingerprint density at radius 1 is 1.44 bits per heavy atom. The molecule has 1 aliphatic heterocycles. The Hall–Kier alpha value is -1.69.